The molecule has 0 amide bonds. The van der Waals surface area contributed by atoms with Crippen LogP contribution in [0.3, 0.4) is 0 Å². The van der Waals surface area contributed by atoms with Crippen molar-refractivity contribution in [2.45, 2.75) is 24.9 Å². The molecule has 1 aliphatic carbocycles. The SMILES string of the molecule is Nc1nc(C2CC2)nc(C2COCCO2)n1. The highest BCUT2D eigenvalue weighted by Gasteiger charge is 2.29. The highest BCUT2D eigenvalue weighted by molar-refractivity contribution is 5.20. The number of hydrogen-bond donors (Lipinski definition) is 1. The highest BCUT2D eigenvalue weighted by Crippen LogP contribution is 2.38. The topological polar surface area (TPSA) is 83.2 Å². The van der Waals surface area contributed by atoms with Gasteiger partial charge in [0.2, 0.25) is 5.95 Å². The van der Waals surface area contributed by atoms with Crippen molar-refractivity contribution < 1.29 is 9.47 Å². The third-order valence-corrected chi connectivity index (χ3v) is 2.73. The molecule has 1 aromatic rings. The van der Waals surface area contributed by atoms with E-state index in [-0.39, 0.29) is 12.1 Å². The van der Waals surface area contributed by atoms with Gasteiger partial charge in [0.15, 0.2) is 5.82 Å². The molecule has 1 unspecified atom stereocenters. The highest BCUT2D eigenvalue weighted by atomic mass is 16.6. The van der Waals surface area contributed by atoms with Crippen molar-refractivity contribution >= 4 is 5.95 Å². The van der Waals surface area contributed by atoms with Gasteiger partial charge in [-0.25, -0.2) is 4.98 Å². The number of nitrogens with zero attached hydrogens (tertiary/aromatic N) is 3. The molecule has 0 radical (unpaired) electrons. The van der Waals surface area contributed by atoms with E-state index in [1.807, 2.05) is 0 Å². The normalized spacial score (nSPS) is 25.6. The van der Waals surface area contributed by atoms with E-state index in [4.69, 9.17) is 15.2 Å². The fourth-order valence-corrected chi connectivity index (χ4v) is 1.73. The van der Waals surface area contributed by atoms with Crippen molar-refractivity contribution in [1.29, 1.82) is 0 Å². The van der Waals surface area contributed by atoms with Crippen molar-refractivity contribution in [1.82, 2.24) is 15.0 Å². The van der Waals surface area contributed by atoms with Gasteiger partial charge < -0.3 is 15.2 Å². The lowest BCUT2D eigenvalue weighted by Crippen LogP contribution is -2.24. The van der Waals surface area contributed by atoms with Crippen LogP contribution in [0.15, 0.2) is 0 Å². The van der Waals surface area contributed by atoms with Gasteiger partial charge in [-0.1, -0.05) is 0 Å². The Labute approximate surface area is 93.2 Å². The summed E-state index contributed by atoms with van der Waals surface area (Å²) in [5.41, 5.74) is 5.67. The zero-order chi connectivity index (χ0) is 11.0. The zero-order valence-electron chi connectivity index (χ0n) is 8.93. The van der Waals surface area contributed by atoms with Crippen molar-refractivity contribution in [3.05, 3.63) is 11.6 Å². The second kappa shape index (κ2) is 3.95. The van der Waals surface area contributed by atoms with Crippen molar-refractivity contribution in [2.75, 3.05) is 25.6 Å². The Balaban J connectivity index is 1.86. The van der Waals surface area contributed by atoms with Crippen LogP contribution < -0.4 is 5.73 Å². The van der Waals surface area contributed by atoms with E-state index in [1.54, 1.807) is 0 Å². The Morgan fingerprint density at radius 2 is 1.88 bits per heavy atom. The molecule has 3 rings (SSSR count). The first-order valence-corrected chi connectivity index (χ1v) is 5.53. The second-order valence-electron chi connectivity index (χ2n) is 4.12. The Hall–Kier alpha value is -1.27. The Kier molecular flexibility index (Phi) is 2.45. The van der Waals surface area contributed by atoms with Crippen LogP contribution in [0.1, 0.15) is 36.5 Å². The van der Waals surface area contributed by atoms with Gasteiger partial charge in [-0.2, -0.15) is 9.97 Å². The molecule has 6 nitrogen and oxygen atoms in total. The molecule has 2 N–H and O–H groups in total. The number of nitrogens with two attached hydrogens (primary N) is 1. The number of nitrogen functional groups attached to an aromatic ring is 1. The maximum absolute atomic E-state index is 5.67. The lowest BCUT2D eigenvalue weighted by molar-refractivity contribution is -0.0936. The van der Waals surface area contributed by atoms with E-state index in [1.165, 1.54) is 0 Å². The molecule has 86 valence electrons. The van der Waals surface area contributed by atoms with E-state index in [0.717, 1.165) is 18.7 Å². The summed E-state index contributed by atoms with van der Waals surface area (Å²) >= 11 is 0. The van der Waals surface area contributed by atoms with E-state index in [2.05, 4.69) is 15.0 Å². The molecule has 1 saturated heterocycles. The van der Waals surface area contributed by atoms with Crippen LogP contribution in [0.2, 0.25) is 0 Å². The van der Waals surface area contributed by atoms with Gasteiger partial charge in [0, 0.05) is 5.92 Å². The van der Waals surface area contributed by atoms with Crippen LogP contribution in [0.4, 0.5) is 5.95 Å². The first-order valence-electron chi connectivity index (χ1n) is 5.53. The van der Waals surface area contributed by atoms with Gasteiger partial charge in [0.05, 0.1) is 19.8 Å². The molecular formula is C10H14N4O2. The number of aromatic nitrogens is 3. The third-order valence-electron chi connectivity index (χ3n) is 2.73. The van der Waals surface area contributed by atoms with E-state index < -0.39 is 0 Å². The molecular weight excluding hydrogens is 208 g/mol. The molecule has 0 spiro atoms. The first-order chi connectivity index (χ1) is 7.83. The molecule has 1 saturated carbocycles. The predicted octanol–water partition coefficient (Wildman–Crippen LogP) is 0.419. The minimum atomic E-state index is -0.198. The minimum Gasteiger partial charge on any atom is -0.376 e. The standard InChI is InChI=1S/C10H14N4O2/c11-10-13-8(6-1-2-6)12-9(14-10)7-5-15-3-4-16-7/h6-7H,1-5H2,(H2,11,12,13,14). The molecule has 16 heavy (non-hydrogen) atoms. The monoisotopic (exact) mass is 222 g/mol. The fraction of sp³-hybridized carbons (Fsp3) is 0.700. The van der Waals surface area contributed by atoms with Gasteiger partial charge in [0.1, 0.15) is 11.9 Å². The summed E-state index contributed by atoms with van der Waals surface area (Å²) in [6, 6.07) is 0. The molecule has 2 heterocycles. The maximum Gasteiger partial charge on any atom is 0.223 e. The van der Waals surface area contributed by atoms with Crippen molar-refractivity contribution in [2.24, 2.45) is 0 Å². The Morgan fingerprint density at radius 1 is 1.06 bits per heavy atom. The molecule has 1 aliphatic heterocycles. The quantitative estimate of drug-likeness (QED) is 0.780. The lowest BCUT2D eigenvalue weighted by Gasteiger charge is -2.21. The van der Waals surface area contributed by atoms with Crippen LogP contribution in [0.25, 0.3) is 0 Å². The fourth-order valence-electron chi connectivity index (χ4n) is 1.73. The molecule has 1 atom stereocenters. The third kappa shape index (κ3) is 1.98. The zero-order valence-corrected chi connectivity index (χ0v) is 8.93. The average molecular weight is 222 g/mol. The summed E-state index contributed by atoms with van der Waals surface area (Å²) in [5.74, 6) is 2.15. The van der Waals surface area contributed by atoms with Crippen LogP contribution in [0, 0.1) is 0 Å². The van der Waals surface area contributed by atoms with Gasteiger partial charge in [-0.15, -0.1) is 0 Å². The molecule has 2 aliphatic rings. The van der Waals surface area contributed by atoms with E-state index in [0.29, 0.717) is 31.6 Å². The van der Waals surface area contributed by atoms with Crippen LogP contribution in [0.5, 0.6) is 0 Å². The van der Waals surface area contributed by atoms with Gasteiger partial charge in [-0.05, 0) is 12.8 Å². The van der Waals surface area contributed by atoms with Crippen LogP contribution >= 0.6 is 0 Å². The maximum atomic E-state index is 5.67. The first kappa shape index (κ1) is 9.92. The number of rotatable bonds is 2. The lowest BCUT2D eigenvalue weighted by atomic mass is 10.3. The Bertz CT molecular complexity index is 388. The summed E-state index contributed by atoms with van der Waals surface area (Å²) in [6.07, 6.45) is 2.09. The van der Waals surface area contributed by atoms with E-state index in [9.17, 15) is 0 Å². The summed E-state index contributed by atoms with van der Waals surface area (Å²) in [4.78, 5) is 12.7. The number of ether oxygens (including phenoxy) is 2. The molecule has 0 aromatic carbocycles. The summed E-state index contributed by atoms with van der Waals surface area (Å²) in [6.45, 7) is 1.70. The molecule has 0 bridgehead atoms. The van der Waals surface area contributed by atoms with Crippen molar-refractivity contribution in [3.8, 4) is 0 Å². The van der Waals surface area contributed by atoms with Gasteiger partial charge in [0.25, 0.3) is 0 Å². The van der Waals surface area contributed by atoms with Crippen LogP contribution in [-0.4, -0.2) is 34.8 Å². The smallest absolute Gasteiger partial charge is 0.223 e. The molecule has 1 aromatic heterocycles. The van der Waals surface area contributed by atoms with Gasteiger partial charge >= 0.3 is 0 Å². The second-order valence-corrected chi connectivity index (χ2v) is 4.12. The van der Waals surface area contributed by atoms with Crippen LogP contribution in [-0.2, 0) is 9.47 Å². The average Bonchev–Trinajstić information content (AvgIpc) is 3.13. The molecule has 2 fully saturated rings. The van der Waals surface area contributed by atoms with Gasteiger partial charge in [-0.3, -0.25) is 0 Å². The summed E-state index contributed by atoms with van der Waals surface area (Å²) < 4.78 is 10.9. The van der Waals surface area contributed by atoms with Crippen molar-refractivity contribution in [3.63, 3.8) is 0 Å². The largest absolute Gasteiger partial charge is 0.376 e. The van der Waals surface area contributed by atoms with E-state index >= 15 is 0 Å². The summed E-state index contributed by atoms with van der Waals surface area (Å²) in [7, 11) is 0. The number of anilines is 1. The number of hydrogen-bond acceptors (Lipinski definition) is 6. The predicted molar refractivity (Wildman–Crippen MR) is 55.7 cm³/mol. The molecule has 6 heteroatoms. The minimum absolute atomic E-state index is 0.198. The summed E-state index contributed by atoms with van der Waals surface area (Å²) in [5, 5.41) is 0. The Morgan fingerprint density at radius 3 is 2.56 bits per heavy atom.